The number of hydrogen-bond acceptors (Lipinski definition) is 1. The summed E-state index contributed by atoms with van der Waals surface area (Å²) >= 11 is 0. The second kappa shape index (κ2) is 5.53. The normalized spacial score (nSPS) is 32.7. The van der Waals surface area contributed by atoms with Gasteiger partial charge in [0.1, 0.15) is 0 Å². The fourth-order valence-corrected chi connectivity index (χ4v) is 3.72. The van der Waals surface area contributed by atoms with Crippen LogP contribution in [0.3, 0.4) is 0 Å². The first kappa shape index (κ1) is 14.4. The third-order valence-electron chi connectivity index (χ3n) is 5.57. The summed E-state index contributed by atoms with van der Waals surface area (Å²) in [4.78, 5) is 0. The van der Waals surface area contributed by atoms with Gasteiger partial charge >= 0.3 is 0 Å². The van der Waals surface area contributed by atoms with Gasteiger partial charge < -0.3 is 5.32 Å². The lowest BCUT2D eigenvalue weighted by atomic mass is 9.70. The Balaban J connectivity index is 1.75. The molecule has 2 aliphatic rings. The van der Waals surface area contributed by atoms with Crippen molar-refractivity contribution in [1.82, 2.24) is 5.32 Å². The van der Waals surface area contributed by atoms with Crippen LogP contribution in [-0.4, -0.2) is 12.6 Å². The quantitative estimate of drug-likeness (QED) is 0.713. The minimum Gasteiger partial charge on any atom is -0.313 e. The molecule has 1 heteroatoms. The van der Waals surface area contributed by atoms with Crippen molar-refractivity contribution in [3.63, 3.8) is 0 Å². The summed E-state index contributed by atoms with van der Waals surface area (Å²) in [6.07, 6.45) is 11.4. The van der Waals surface area contributed by atoms with Crippen LogP contribution in [0.15, 0.2) is 0 Å². The molecule has 2 unspecified atom stereocenters. The predicted octanol–water partition coefficient (Wildman–Crippen LogP) is 4.76. The average Bonchev–Trinajstić information content (AvgIpc) is 2.48. The fourth-order valence-electron chi connectivity index (χ4n) is 3.72. The van der Waals surface area contributed by atoms with Crippen molar-refractivity contribution < 1.29 is 0 Å². The Kier molecular flexibility index (Phi) is 4.41. The predicted molar refractivity (Wildman–Crippen MR) is 79.8 cm³/mol. The maximum absolute atomic E-state index is 3.88. The number of hydrogen-bond donors (Lipinski definition) is 1. The molecule has 1 nitrogen and oxygen atoms in total. The first-order chi connectivity index (χ1) is 8.39. The summed E-state index contributed by atoms with van der Waals surface area (Å²) in [5.41, 5.74) is 1.14. The molecule has 0 radical (unpaired) electrons. The fraction of sp³-hybridized carbons (Fsp3) is 1.00. The van der Waals surface area contributed by atoms with E-state index in [4.69, 9.17) is 0 Å². The summed E-state index contributed by atoms with van der Waals surface area (Å²) in [7, 11) is 0. The van der Waals surface area contributed by atoms with Crippen molar-refractivity contribution in [2.24, 2.45) is 16.7 Å². The zero-order chi connectivity index (χ0) is 13.2. The van der Waals surface area contributed by atoms with Gasteiger partial charge in [0, 0.05) is 12.6 Å². The smallest absolute Gasteiger partial charge is 0.00674 e. The molecule has 0 bridgehead atoms. The summed E-state index contributed by atoms with van der Waals surface area (Å²) in [5.74, 6) is 0.934. The average molecular weight is 251 g/mol. The molecule has 2 atom stereocenters. The zero-order valence-electron chi connectivity index (χ0n) is 13.0. The number of nitrogens with one attached hydrogen (secondary N) is 1. The monoisotopic (exact) mass is 251 g/mol. The molecule has 1 N–H and O–H groups in total. The van der Waals surface area contributed by atoms with Gasteiger partial charge in [-0.15, -0.1) is 0 Å². The van der Waals surface area contributed by atoms with Gasteiger partial charge in [-0.2, -0.15) is 0 Å². The zero-order valence-corrected chi connectivity index (χ0v) is 13.0. The topological polar surface area (TPSA) is 12.0 Å². The van der Waals surface area contributed by atoms with Gasteiger partial charge in [0.2, 0.25) is 0 Å². The lowest BCUT2D eigenvalue weighted by Crippen LogP contribution is -2.41. The standard InChI is InChI=1S/C17H33N/c1-16(2,3)14-7-5-8-15(10-9-14)18-13-17(4)11-6-12-17/h14-15,18H,5-13H2,1-4H3. The van der Waals surface area contributed by atoms with Crippen molar-refractivity contribution in [3.8, 4) is 0 Å². The minimum atomic E-state index is 0.509. The molecule has 0 aliphatic heterocycles. The van der Waals surface area contributed by atoms with Crippen molar-refractivity contribution in [2.75, 3.05) is 6.54 Å². The van der Waals surface area contributed by atoms with E-state index in [9.17, 15) is 0 Å². The Hall–Kier alpha value is -0.0400. The van der Waals surface area contributed by atoms with Crippen molar-refractivity contribution in [3.05, 3.63) is 0 Å². The van der Waals surface area contributed by atoms with E-state index in [1.54, 1.807) is 0 Å². The van der Waals surface area contributed by atoms with Crippen LogP contribution in [0.25, 0.3) is 0 Å². The van der Waals surface area contributed by atoms with E-state index in [1.807, 2.05) is 0 Å². The Bertz CT molecular complexity index is 259. The molecule has 0 heterocycles. The third kappa shape index (κ3) is 3.73. The molecule has 2 fully saturated rings. The van der Waals surface area contributed by atoms with Crippen molar-refractivity contribution in [1.29, 1.82) is 0 Å². The molecular weight excluding hydrogens is 218 g/mol. The molecule has 0 aromatic heterocycles. The first-order valence-corrected chi connectivity index (χ1v) is 8.12. The van der Waals surface area contributed by atoms with Gasteiger partial charge in [-0.1, -0.05) is 40.5 Å². The molecular formula is C17H33N. The van der Waals surface area contributed by atoms with Gasteiger partial charge in [0.25, 0.3) is 0 Å². The summed E-state index contributed by atoms with van der Waals surface area (Å²) in [6, 6.07) is 0.801. The lowest BCUT2D eigenvalue weighted by molar-refractivity contribution is 0.148. The van der Waals surface area contributed by atoms with Gasteiger partial charge in [-0.25, -0.2) is 0 Å². The Morgan fingerprint density at radius 3 is 2.28 bits per heavy atom. The largest absolute Gasteiger partial charge is 0.313 e. The molecule has 2 saturated carbocycles. The highest BCUT2D eigenvalue weighted by Gasteiger charge is 2.33. The Morgan fingerprint density at radius 2 is 1.72 bits per heavy atom. The van der Waals surface area contributed by atoms with Crippen LogP contribution in [0.5, 0.6) is 0 Å². The summed E-state index contributed by atoms with van der Waals surface area (Å²) < 4.78 is 0. The van der Waals surface area contributed by atoms with Crippen molar-refractivity contribution >= 4 is 0 Å². The summed E-state index contributed by atoms with van der Waals surface area (Å²) in [5, 5.41) is 3.88. The van der Waals surface area contributed by atoms with E-state index < -0.39 is 0 Å². The number of rotatable bonds is 3. The van der Waals surface area contributed by atoms with Crippen LogP contribution >= 0.6 is 0 Å². The maximum Gasteiger partial charge on any atom is 0.00674 e. The van der Waals surface area contributed by atoms with Crippen LogP contribution in [0, 0.1) is 16.7 Å². The molecule has 2 rings (SSSR count). The molecule has 0 spiro atoms. The maximum atomic E-state index is 3.88. The van der Waals surface area contributed by atoms with E-state index in [0.29, 0.717) is 10.8 Å². The van der Waals surface area contributed by atoms with Gasteiger partial charge in [0.15, 0.2) is 0 Å². The van der Waals surface area contributed by atoms with Crippen LogP contribution in [-0.2, 0) is 0 Å². The van der Waals surface area contributed by atoms with E-state index >= 15 is 0 Å². The van der Waals surface area contributed by atoms with E-state index in [2.05, 4.69) is 33.0 Å². The highest BCUT2D eigenvalue weighted by atomic mass is 14.9. The van der Waals surface area contributed by atoms with Crippen LogP contribution in [0.1, 0.15) is 79.1 Å². The molecule has 2 aliphatic carbocycles. The van der Waals surface area contributed by atoms with Crippen LogP contribution in [0.4, 0.5) is 0 Å². The van der Waals surface area contributed by atoms with E-state index in [0.717, 1.165) is 12.0 Å². The SMILES string of the molecule is CC1(CNC2CCCC(C(C)(C)C)CC2)CCC1. The van der Waals surface area contributed by atoms with E-state index in [1.165, 1.54) is 57.9 Å². The van der Waals surface area contributed by atoms with Crippen LogP contribution < -0.4 is 5.32 Å². The molecule has 0 saturated heterocycles. The Labute approximate surface area is 114 Å². The second-order valence-corrected chi connectivity index (χ2v) is 8.31. The lowest BCUT2D eigenvalue weighted by Gasteiger charge is -2.39. The molecule has 18 heavy (non-hydrogen) atoms. The molecule has 0 amide bonds. The minimum absolute atomic E-state index is 0.509. The summed E-state index contributed by atoms with van der Waals surface area (Å²) in [6.45, 7) is 11.0. The van der Waals surface area contributed by atoms with Gasteiger partial charge in [-0.3, -0.25) is 0 Å². The van der Waals surface area contributed by atoms with Crippen LogP contribution in [0.2, 0.25) is 0 Å². The highest BCUT2D eigenvalue weighted by Crippen LogP contribution is 2.40. The Morgan fingerprint density at radius 1 is 1.00 bits per heavy atom. The van der Waals surface area contributed by atoms with Gasteiger partial charge in [0.05, 0.1) is 0 Å². The molecule has 106 valence electrons. The first-order valence-electron chi connectivity index (χ1n) is 8.12. The second-order valence-electron chi connectivity index (χ2n) is 8.31. The molecule has 0 aromatic rings. The third-order valence-corrected chi connectivity index (χ3v) is 5.57. The van der Waals surface area contributed by atoms with Crippen molar-refractivity contribution in [2.45, 2.75) is 85.1 Å². The molecule has 0 aromatic carbocycles. The highest BCUT2D eigenvalue weighted by molar-refractivity contribution is 4.88. The van der Waals surface area contributed by atoms with E-state index in [-0.39, 0.29) is 0 Å². The van der Waals surface area contributed by atoms with Gasteiger partial charge in [-0.05, 0) is 55.3 Å².